The average molecular weight is 1010 g/mol. The van der Waals surface area contributed by atoms with Gasteiger partial charge in [0.05, 0.1) is 33.8 Å². The van der Waals surface area contributed by atoms with E-state index in [-0.39, 0.29) is 32.0 Å². The molecule has 0 aliphatic carbocycles. The molecule has 10 heteroatoms. The molecule has 0 aromatic carbocycles. The molecule has 406 valence electrons. The highest BCUT2D eigenvalue weighted by Gasteiger charge is 2.30. The van der Waals surface area contributed by atoms with Crippen LogP contribution < -0.4 is 5.32 Å². The van der Waals surface area contributed by atoms with Crippen LogP contribution in [0, 0.1) is 0 Å². The van der Waals surface area contributed by atoms with Crippen molar-refractivity contribution in [3.05, 3.63) is 109 Å². The van der Waals surface area contributed by atoms with Crippen molar-refractivity contribution < 1.29 is 37.3 Å². The molecule has 0 saturated carbocycles. The van der Waals surface area contributed by atoms with Gasteiger partial charge in [0.15, 0.2) is 0 Å². The van der Waals surface area contributed by atoms with Gasteiger partial charge in [0.1, 0.15) is 19.3 Å². The monoisotopic (exact) mass is 1010 g/mol. The summed E-state index contributed by atoms with van der Waals surface area (Å²) in [5.41, 5.74) is 0. The van der Waals surface area contributed by atoms with Crippen molar-refractivity contribution in [2.24, 2.45) is 0 Å². The highest BCUT2D eigenvalue weighted by molar-refractivity contribution is 7.47. The van der Waals surface area contributed by atoms with Gasteiger partial charge in [-0.2, -0.15) is 0 Å². The van der Waals surface area contributed by atoms with Gasteiger partial charge in [-0.25, -0.2) is 4.57 Å². The van der Waals surface area contributed by atoms with Crippen LogP contribution in [0.5, 0.6) is 0 Å². The molecular weight excluding hydrogens is 904 g/mol. The van der Waals surface area contributed by atoms with E-state index < -0.39 is 25.9 Å². The van der Waals surface area contributed by atoms with Crippen LogP contribution in [0.25, 0.3) is 0 Å². The first-order valence-corrected chi connectivity index (χ1v) is 29.7. The number of esters is 1. The molecule has 0 spiro atoms. The molecule has 3 unspecified atom stereocenters. The number of nitrogens with zero attached hydrogens (tertiary/aromatic N) is 1. The lowest BCUT2D eigenvalue weighted by atomic mass is 10.0. The van der Waals surface area contributed by atoms with Crippen LogP contribution in [-0.4, -0.2) is 74.3 Å². The molecule has 3 atom stereocenters. The van der Waals surface area contributed by atoms with Gasteiger partial charge in [0, 0.05) is 12.8 Å². The summed E-state index contributed by atoms with van der Waals surface area (Å²) >= 11 is 0. The fourth-order valence-corrected chi connectivity index (χ4v) is 8.10. The van der Waals surface area contributed by atoms with Crippen molar-refractivity contribution in [1.29, 1.82) is 0 Å². The van der Waals surface area contributed by atoms with Gasteiger partial charge < -0.3 is 19.4 Å². The first-order valence-electron chi connectivity index (χ1n) is 28.2. The number of amides is 1. The fourth-order valence-electron chi connectivity index (χ4n) is 7.37. The van der Waals surface area contributed by atoms with E-state index in [1.807, 2.05) is 45.4 Å². The zero-order chi connectivity index (χ0) is 52.2. The lowest BCUT2D eigenvalue weighted by Crippen LogP contribution is -2.47. The molecule has 0 aliphatic rings. The van der Waals surface area contributed by atoms with Crippen molar-refractivity contribution in [1.82, 2.24) is 5.32 Å². The molecule has 0 radical (unpaired) electrons. The highest BCUT2D eigenvalue weighted by atomic mass is 31.2. The molecule has 0 bridgehead atoms. The first-order chi connectivity index (χ1) is 34.4. The maximum atomic E-state index is 13.4. The summed E-state index contributed by atoms with van der Waals surface area (Å²) in [4.78, 5) is 37.5. The maximum absolute atomic E-state index is 13.4. The third-order valence-corrected chi connectivity index (χ3v) is 12.7. The Morgan fingerprint density at radius 1 is 0.507 bits per heavy atom. The second-order valence-corrected chi connectivity index (χ2v) is 21.2. The summed E-state index contributed by atoms with van der Waals surface area (Å²) in [6.07, 6.45) is 68.3. The normalized spacial score (nSPS) is 14.6. The Morgan fingerprint density at radius 2 is 0.901 bits per heavy atom. The minimum atomic E-state index is -4.48. The zero-order valence-corrected chi connectivity index (χ0v) is 47.1. The van der Waals surface area contributed by atoms with E-state index in [1.165, 1.54) is 96.3 Å². The molecule has 0 aromatic rings. The minimum absolute atomic E-state index is 0.0146. The quantitative estimate of drug-likeness (QED) is 0.0205. The van der Waals surface area contributed by atoms with Crippen LogP contribution in [0.2, 0.25) is 0 Å². The Morgan fingerprint density at radius 3 is 1.35 bits per heavy atom. The van der Waals surface area contributed by atoms with E-state index in [1.54, 1.807) is 6.08 Å². The molecule has 71 heavy (non-hydrogen) atoms. The van der Waals surface area contributed by atoms with Crippen LogP contribution >= 0.6 is 7.82 Å². The van der Waals surface area contributed by atoms with E-state index in [9.17, 15) is 19.0 Å². The number of unbranched alkanes of at least 4 members (excludes halogenated alkanes) is 17. The van der Waals surface area contributed by atoms with Crippen LogP contribution in [0.15, 0.2) is 109 Å². The van der Waals surface area contributed by atoms with Gasteiger partial charge in [0.25, 0.3) is 0 Å². The third kappa shape index (κ3) is 51.4. The van der Waals surface area contributed by atoms with Gasteiger partial charge in [-0.15, -0.1) is 0 Å². The number of phosphoric acid groups is 1. The topological polar surface area (TPSA) is 111 Å². The number of allylic oxidation sites excluding steroid dienone is 17. The number of rotatable bonds is 49. The van der Waals surface area contributed by atoms with E-state index in [0.29, 0.717) is 23.9 Å². The lowest BCUT2D eigenvalue weighted by Gasteiger charge is -2.27. The van der Waals surface area contributed by atoms with Crippen LogP contribution in [0.3, 0.4) is 0 Å². The molecule has 0 aliphatic heterocycles. The second-order valence-electron chi connectivity index (χ2n) is 19.7. The molecule has 0 fully saturated rings. The van der Waals surface area contributed by atoms with Crippen LogP contribution in [0.4, 0.5) is 0 Å². The second kappa shape index (κ2) is 50.2. The molecule has 2 N–H and O–H groups in total. The Labute approximate surface area is 436 Å². The summed E-state index contributed by atoms with van der Waals surface area (Å²) in [7, 11) is 1.41. The van der Waals surface area contributed by atoms with Crippen molar-refractivity contribution in [3.63, 3.8) is 0 Å². The van der Waals surface area contributed by atoms with Gasteiger partial charge in [-0.05, 0) is 89.5 Å². The predicted octanol–water partition coefficient (Wildman–Crippen LogP) is 17.0. The molecule has 0 saturated heterocycles. The Balaban J connectivity index is 5.58. The summed E-state index contributed by atoms with van der Waals surface area (Å²) < 4.78 is 30.5. The number of ether oxygens (including phenoxy) is 1. The van der Waals surface area contributed by atoms with Crippen LogP contribution in [-0.2, 0) is 27.9 Å². The van der Waals surface area contributed by atoms with E-state index in [2.05, 4.69) is 105 Å². The van der Waals surface area contributed by atoms with E-state index in [0.717, 1.165) is 70.6 Å². The summed E-state index contributed by atoms with van der Waals surface area (Å²) in [5.74, 6) is -0.689. The smallest absolute Gasteiger partial charge is 0.456 e. The van der Waals surface area contributed by atoms with Crippen molar-refractivity contribution in [2.75, 3.05) is 40.9 Å². The molecular formula is C61H106N2O7P+. The predicted molar refractivity (Wildman–Crippen MR) is 304 cm³/mol. The van der Waals surface area contributed by atoms with E-state index >= 15 is 0 Å². The maximum Gasteiger partial charge on any atom is 0.472 e. The molecule has 0 rings (SSSR count). The number of likely N-dealkylation sites (N-methyl/N-ethyl adjacent to an activating group) is 1. The highest BCUT2D eigenvalue weighted by Crippen LogP contribution is 2.43. The largest absolute Gasteiger partial charge is 0.472 e. The molecule has 9 nitrogen and oxygen atoms in total. The number of carbonyl (C=O) groups is 2. The SMILES string of the molecule is CC/C=C\C/C=C\C/C=C\C/C=C\C/C=C\C/C=C\CCC(=O)OC(/C=C\CCCCCCCCCCCCC)C(COP(=O)(O)OCC[N+](C)(C)C)NC(=O)CC/C=C/C/C=C\CCCCCCCC. The molecule has 0 heterocycles. The van der Waals surface area contributed by atoms with Gasteiger partial charge in [0.2, 0.25) is 5.91 Å². The van der Waals surface area contributed by atoms with Crippen molar-refractivity contribution >= 4 is 19.7 Å². The van der Waals surface area contributed by atoms with Gasteiger partial charge in [-0.3, -0.25) is 18.6 Å². The molecule has 1 amide bonds. The number of phosphoric ester groups is 1. The number of nitrogens with one attached hydrogen (secondary N) is 1. The van der Waals surface area contributed by atoms with Crippen molar-refractivity contribution in [2.45, 2.75) is 226 Å². The lowest BCUT2D eigenvalue weighted by molar-refractivity contribution is -0.870. The average Bonchev–Trinajstić information content (AvgIpc) is 3.33. The number of quaternary nitrogens is 1. The Hall–Kier alpha value is -3.33. The van der Waals surface area contributed by atoms with Gasteiger partial charge >= 0.3 is 13.8 Å². The minimum Gasteiger partial charge on any atom is -0.456 e. The number of carbonyl (C=O) groups excluding carboxylic acids is 2. The standard InChI is InChI=1S/C61H105N2O7P/c1-7-10-13-16-19-22-25-28-29-30-31-32-33-36-39-42-45-48-51-54-61(65)70-59(52-49-46-43-40-37-34-26-23-20-17-14-11-8-2)58(57-69-71(66,67)68-56-55-63(4,5)6)62-60(64)53-50-47-44-41-38-35-27-24-21-18-15-12-9-3/h10,13,19,22,28-29,31-32,35-36,38-39,44-45,47-49,52,58-59H,7-9,11-12,14-18,20-21,23-27,30,33-34,37,40-43,46,50-51,53-57H2,1-6H3,(H-,62,64,66,67)/p+1/b13-10-,22-19-,29-28-,32-31-,38-35-,39-36-,47-44+,48-45-,52-49-. The fraction of sp³-hybridized carbons (Fsp3) is 0.672. The summed E-state index contributed by atoms with van der Waals surface area (Å²) in [6, 6.07) is -0.915. The Kier molecular flexibility index (Phi) is 47.9. The summed E-state index contributed by atoms with van der Waals surface area (Å²) in [5, 5.41) is 2.98. The molecule has 0 aromatic heterocycles. The summed E-state index contributed by atoms with van der Waals surface area (Å²) in [6.45, 7) is 6.77. The third-order valence-electron chi connectivity index (χ3n) is 11.7. The first kappa shape index (κ1) is 67.7. The number of hydrogen-bond acceptors (Lipinski definition) is 6. The Bertz CT molecular complexity index is 1580. The zero-order valence-electron chi connectivity index (χ0n) is 46.2. The van der Waals surface area contributed by atoms with E-state index in [4.69, 9.17) is 13.8 Å². The van der Waals surface area contributed by atoms with Crippen molar-refractivity contribution in [3.8, 4) is 0 Å². The van der Waals surface area contributed by atoms with Crippen LogP contribution in [0.1, 0.15) is 213 Å². The number of hydrogen-bond donors (Lipinski definition) is 2. The van der Waals surface area contributed by atoms with Gasteiger partial charge in [-0.1, -0.05) is 220 Å².